The summed E-state index contributed by atoms with van der Waals surface area (Å²) >= 11 is 0. The maximum atomic E-state index is 5.22. The first-order valence-electron chi connectivity index (χ1n) is 4.37. The second-order valence-electron chi connectivity index (χ2n) is 3.03. The van der Waals surface area contributed by atoms with Crippen molar-refractivity contribution in [1.29, 1.82) is 0 Å². The van der Waals surface area contributed by atoms with Gasteiger partial charge in [0.2, 0.25) is 0 Å². The Bertz CT molecular complexity index is 295. The highest BCUT2D eigenvalue weighted by atomic mass is 15.2. The molecule has 0 amide bonds. The topological polar surface area (TPSA) is 29.9 Å². The fourth-order valence-corrected chi connectivity index (χ4v) is 1.33. The van der Waals surface area contributed by atoms with Gasteiger partial charge >= 0.3 is 0 Å². The van der Waals surface area contributed by atoms with Crippen LogP contribution < -0.4 is 5.32 Å². The SMILES string of the molecule is C#CCCC(NC)c1cnn(C)c1. The fraction of sp³-hybridized carbons (Fsp3) is 0.500. The number of aryl methyl sites for hydroxylation is 1. The molecule has 1 aromatic rings. The zero-order valence-corrected chi connectivity index (χ0v) is 8.12. The first-order chi connectivity index (χ1) is 6.27. The number of hydrogen-bond donors (Lipinski definition) is 1. The van der Waals surface area contributed by atoms with Crippen LogP contribution in [0.15, 0.2) is 12.4 Å². The Morgan fingerprint density at radius 1 is 1.77 bits per heavy atom. The summed E-state index contributed by atoms with van der Waals surface area (Å²) in [7, 11) is 3.85. The van der Waals surface area contributed by atoms with Crippen molar-refractivity contribution in [2.24, 2.45) is 7.05 Å². The van der Waals surface area contributed by atoms with Crippen LogP contribution in [0.25, 0.3) is 0 Å². The van der Waals surface area contributed by atoms with E-state index in [0.29, 0.717) is 6.04 Å². The zero-order chi connectivity index (χ0) is 9.68. The number of nitrogens with zero attached hydrogens (tertiary/aromatic N) is 2. The summed E-state index contributed by atoms with van der Waals surface area (Å²) in [5.41, 5.74) is 1.19. The number of hydrogen-bond acceptors (Lipinski definition) is 2. The Labute approximate surface area is 79.1 Å². The van der Waals surface area contributed by atoms with Gasteiger partial charge in [0.1, 0.15) is 0 Å². The minimum Gasteiger partial charge on any atom is -0.313 e. The van der Waals surface area contributed by atoms with Gasteiger partial charge in [-0.1, -0.05) is 0 Å². The standard InChI is InChI=1S/C10H15N3/c1-4-5-6-10(11-2)9-7-12-13(3)8-9/h1,7-8,10-11H,5-6H2,2-3H3. The number of terminal acetylenes is 1. The van der Waals surface area contributed by atoms with Gasteiger partial charge in [-0.05, 0) is 13.5 Å². The minimum atomic E-state index is 0.324. The molecule has 1 atom stereocenters. The summed E-state index contributed by atoms with van der Waals surface area (Å²) in [6.45, 7) is 0. The van der Waals surface area contributed by atoms with E-state index in [1.807, 2.05) is 26.5 Å². The van der Waals surface area contributed by atoms with Gasteiger partial charge in [-0.15, -0.1) is 12.3 Å². The van der Waals surface area contributed by atoms with Gasteiger partial charge in [0, 0.05) is 31.3 Å². The molecular weight excluding hydrogens is 162 g/mol. The summed E-state index contributed by atoms with van der Waals surface area (Å²) in [5, 5.41) is 7.34. The molecule has 1 N–H and O–H groups in total. The van der Waals surface area contributed by atoms with Crippen LogP contribution in [0.1, 0.15) is 24.4 Å². The molecule has 0 saturated carbocycles. The van der Waals surface area contributed by atoms with Crippen LogP contribution in [-0.4, -0.2) is 16.8 Å². The van der Waals surface area contributed by atoms with Crippen LogP contribution in [0.3, 0.4) is 0 Å². The molecule has 1 rings (SSSR count). The molecule has 0 aliphatic rings. The Balaban J connectivity index is 2.62. The molecule has 3 heteroatoms. The van der Waals surface area contributed by atoms with Crippen molar-refractivity contribution in [2.45, 2.75) is 18.9 Å². The molecular formula is C10H15N3. The van der Waals surface area contributed by atoms with E-state index in [1.165, 1.54) is 5.56 Å². The van der Waals surface area contributed by atoms with Gasteiger partial charge in [0.25, 0.3) is 0 Å². The summed E-state index contributed by atoms with van der Waals surface area (Å²) < 4.78 is 1.80. The number of rotatable bonds is 4. The molecule has 1 heterocycles. The monoisotopic (exact) mass is 177 g/mol. The van der Waals surface area contributed by atoms with Crippen molar-refractivity contribution in [3.05, 3.63) is 18.0 Å². The third-order valence-corrected chi connectivity index (χ3v) is 2.05. The van der Waals surface area contributed by atoms with Crippen molar-refractivity contribution < 1.29 is 0 Å². The third kappa shape index (κ3) is 2.60. The predicted octanol–water partition coefficient (Wildman–Crippen LogP) is 1.09. The van der Waals surface area contributed by atoms with Gasteiger partial charge in [0.15, 0.2) is 0 Å². The van der Waals surface area contributed by atoms with Gasteiger partial charge in [-0.2, -0.15) is 5.10 Å². The van der Waals surface area contributed by atoms with Crippen LogP contribution in [0, 0.1) is 12.3 Å². The van der Waals surface area contributed by atoms with E-state index in [2.05, 4.69) is 16.3 Å². The normalized spacial score (nSPS) is 12.4. The van der Waals surface area contributed by atoms with Gasteiger partial charge in [0.05, 0.1) is 6.20 Å². The lowest BCUT2D eigenvalue weighted by molar-refractivity contribution is 0.558. The third-order valence-electron chi connectivity index (χ3n) is 2.05. The second kappa shape index (κ2) is 4.68. The second-order valence-corrected chi connectivity index (χ2v) is 3.03. The summed E-state index contributed by atoms with van der Waals surface area (Å²) in [4.78, 5) is 0. The van der Waals surface area contributed by atoms with Gasteiger partial charge in [-0.25, -0.2) is 0 Å². The quantitative estimate of drug-likeness (QED) is 0.698. The van der Waals surface area contributed by atoms with Crippen LogP contribution in [0.4, 0.5) is 0 Å². The van der Waals surface area contributed by atoms with Crippen molar-refractivity contribution in [3.8, 4) is 12.3 Å². The summed E-state index contributed by atoms with van der Waals surface area (Å²) in [5.74, 6) is 2.64. The molecule has 0 fully saturated rings. The molecule has 0 radical (unpaired) electrons. The maximum absolute atomic E-state index is 5.22. The van der Waals surface area contributed by atoms with E-state index in [1.54, 1.807) is 4.68 Å². The van der Waals surface area contributed by atoms with E-state index < -0.39 is 0 Å². The highest BCUT2D eigenvalue weighted by Crippen LogP contribution is 2.16. The molecule has 0 aliphatic carbocycles. The maximum Gasteiger partial charge on any atom is 0.0537 e. The van der Waals surface area contributed by atoms with Crippen molar-refractivity contribution in [2.75, 3.05) is 7.05 Å². The van der Waals surface area contributed by atoms with E-state index >= 15 is 0 Å². The Hall–Kier alpha value is -1.27. The molecule has 0 bridgehead atoms. The van der Waals surface area contributed by atoms with Gasteiger partial charge in [-0.3, -0.25) is 4.68 Å². The van der Waals surface area contributed by atoms with Crippen molar-refractivity contribution in [3.63, 3.8) is 0 Å². The van der Waals surface area contributed by atoms with Crippen LogP contribution >= 0.6 is 0 Å². The molecule has 0 spiro atoms. The summed E-state index contributed by atoms with van der Waals surface area (Å²) in [6, 6.07) is 0.324. The van der Waals surface area contributed by atoms with Crippen LogP contribution in [-0.2, 0) is 7.05 Å². The van der Waals surface area contributed by atoms with E-state index in [-0.39, 0.29) is 0 Å². The molecule has 0 saturated heterocycles. The van der Waals surface area contributed by atoms with Gasteiger partial charge < -0.3 is 5.32 Å². The number of aromatic nitrogens is 2. The molecule has 0 aromatic carbocycles. The van der Waals surface area contributed by atoms with Crippen LogP contribution in [0.5, 0.6) is 0 Å². The molecule has 1 unspecified atom stereocenters. The fourth-order valence-electron chi connectivity index (χ4n) is 1.33. The smallest absolute Gasteiger partial charge is 0.0537 e. The average molecular weight is 177 g/mol. The highest BCUT2D eigenvalue weighted by Gasteiger charge is 2.09. The lowest BCUT2D eigenvalue weighted by Gasteiger charge is -2.11. The van der Waals surface area contributed by atoms with E-state index in [4.69, 9.17) is 6.42 Å². The highest BCUT2D eigenvalue weighted by molar-refractivity contribution is 5.10. The average Bonchev–Trinajstić information content (AvgIpc) is 2.54. The molecule has 3 nitrogen and oxygen atoms in total. The molecule has 1 aromatic heterocycles. The molecule has 13 heavy (non-hydrogen) atoms. The first kappa shape index (κ1) is 9.82. The van der Waals surface area contributed by atoms with E-state index in [9.17, 15) is 0 Å². The zero-order valence-electron chi connectivity index (χ0n) is 8.12. The lowest BCUT2D eigenvalue weighted by atomic mass is 10.1. The largest absolute Gasteiger partial charge is 0.313 e. The van der Waals surface area contributed by atoms with Crippen molar-refractivity contribution >= 4 is 0 Å². The lowest BCUT2D eigenvalue weighted by Crippen LogP contribution is -2.15. The van der Waals surface area contributed by atoms with E-state index in [0.717, 1.165) is 12.8 Å². The Morgan fingerprint density at radius 3 is 3.00 bits per heavy atom. The van der Waals surface area contributed by atoms with Crippen LogP contribution in [0.2, 0.25) is 0 Å². The number of nitrogens with one attached hydrogen (secondary N) is 1. The van der Waals surface area contributed by atoms with Crippen molar-refractivity contribution in [1.82, 2.24) is 15.1 Å². The predicted molar refractivity (Wildman–Crippen MR) is 53.1 cm³/mol. The first-order valence-corrected chi connectivity index (χ1v) is 4.37. The summed E-state index contributed by atoms with van der Waals surface area (Å²) in [6.07, 6.45) is 10.8. The minimum absolute atomic E-state index is 0.324. The Kier molecular flexibility index (Phi) is 3.53. The Morgan fingerprint density at radius 2 is 2.54 bits per heavy atom. The molecule has 0 aliphatic heterocycles. The molecule has 70 valence electrons.